The predicted octanol–water partition coefficient (Wildman–Crippen LogP) is 0.631. The molecule has 7 heteroatoms. The zero-order valence-corrected chi connectivity index (χ0v) is 10.9. The summed E-state index contributed by atoms with van der Waals surface area (Å²) in [6.07, 6.45) is 0.709. The van der Waals surface area contributed by atoms with E-state index in [1.807, 2.05) is 7.05 Å². The molecule has 0 aliphatic rings. The largest absolute Gasteiger partial charge is 0.496 e. The molecule has 19 heavy (non-hydrogen) atoms. The summed E-state index contributed by atoms with van der Waals surface area (Å²) >= 11 is 0. The van der Waals surface area contributed by atoms with Gasteiger partial charge in [0.1, 0.15) is 11.6 Å². The molecule has 0 atom stereocenters. The van der Waals surface area contributed by atoms with Gasteiger partial charge in [-0.3, -0.25) is 0 Å². The lowest BCUT2D eigenvalue weighted by Gasteiger charge is -2.09. The number of benzene rings is 1. The Bertz CT molecular complexity index is 543. The van der Waals surface area contributed by atoms with Crippen LogP contribution in [0.2, 0.25) is 0 Å². The van der Waals surface area contributed by atoms with Crippen molar-refractivity contribution < 1.29 is 9.13 Å². The number of nitrogens with zero attached hydrogens (tertiary/aromatic N) is 4. The van der Waals surface area contributed by atoms with Gasteiger partial charge >= 0.3 is 0 Å². The quantitative estimate of drug-likeness (QED) is 0.830. The molecular weight excluding hydrogens is 249 g/mol. The SMILES string of the molecule is CNCCc1nnnn1Cc1cc(F)ccc1OC. The molecule has 0 aliphatic heterocycles. The fourth-order valence-electron chi connectivity index (χ4n) is 1.79. The monoisotopic (exact) mass is 265 g/mol. The summed E-state index contributed by atoms with van der Waals surface area (Å²) < 4.78 is 20.1. The third-order valence-corrected chi connectivity index (χ3v) is 2.77. The minimum Gasteiger partial charge on any atom is -0.496 e. The molecule has 1 N–H and O–H groups in total. The first kappa shape index (κ1) is 13.4. The molecular formula is C12H16FN5O. The zero-order valence-electron chi connectivity index (χ0n) is 10.9. The lowest BCUT2D eigenvalue weighted by molar-refractivity contribution is 0.405. The van der Waals surface area contributed by atoms with Gasteiger partial charge < -0.3 is 10.1 Å². The summed E-state index contributed by atoms with van der Waals surface area (Å²) in [6.45, 7) is 1.16. The van der Waals surface area contributed by atoms with Crippen molar-refractivity contribution in [3.05, 3.63) is 35.4 Å². The van der Waals surface area contributed by atoms with E-state index >= 15 is 0 Å². The summed E-state index contributed by atoms with van der Waals surface area (Å²) in [5, 5.41) is 14.6. The van der Waals surface area contributed by atoms with E-state index in [1.54, 1.807) is 17.9 Å². The highest BCUT2D eigenvalue weighted by Gasteiger charge is 2.10. The maximum Gasteiger partial charge on any atom is 0.152 e. The topological polar surface area (TPSA) is 64.9 Å². The summed E-state index contributed by atoms with van der Waals surface area (Å²) in [5.41, 5.74) is 0.709. The minimum absolute atomic E-state index is 0.305. The van der Waals surface area contributed by atoms with Crippen LogP contribution in [0.5, 0.6) is 5.75 Å². The molecule has 0 fully saturated rings. The van der Waals surface area contributed by atoms with Gasteiger partial charge in [0.25, 0.3) is 0 Å². The Hall–Kier alpha value is -2.02. The van der Waals surface area contributed by atoms with Crippen molar-refractivity contribution >= 4 is 0 Å². The summed E-state index contributed by atoms with van der Waals surface area (Å²) in [7, 11) is 3.42. The predicted molar refractivity (Wildman–Crippen MR) is 67.5 cm³/mol. The Morgan fingerprint density at radius 3 is 3.00 bits per heavy atom. The van der Waals surface area contributed by atoms with E-state index in [1.165, 1.54) is 12.1 Å². The molecule has 1 heterocycles. The highest BCUT2D eigenvalue weighted by molar-refractivity contribution is 5.34. The van der Waals surface area contributed by atoms with Crippen LogP contribution in [-0.4, -0.2) is 40.9 Å². The van der Waals surface area contributed by atoms with E-state index in [9.17, 15) is 4.39 Å². The Kier molecular flexibility index (Phi) is 4.40. The van der Waals surface area contributed by atoms with E-state index in [-0.39, 0.29) is 5.82 Å². The average Bonchev–Trinajstić information content (AvgIpc) is 2.84. The second-order valence-electron chi connectivity index (χ2n) is 4.06. The van der Waals surface area contributed by atoms with Gasteiger partial charge in [-0.2, -0.15) is 0 Å². The van der Waals surface area contributed by atoms with Crippen molar-refractivity contribution in [1.82, 2.24) is 25.5 Å². The van der Waals surface area contributed by atoms with Crippen LogP contribution >= 0.6 is 0 Å². The number of aromatic nitrogens is 4. The number of hydrogen-bond acceptors (Lipinski definition) is 5. The molecule has 102 valence electrons. The standard InChI is InChI=1S/C12H16FN5O/c1-14-6-5-12-15-16-17-18(12)8-9-7-10(13)3-4-11(9)19-2/h3-4,7,14H,5-6,8H2,1-2H3. The summed E-state index contributed by atoms with van der Waals surface area (Å²) in [5.74, 6) is 1.07. The van der Waals surface area contributed by atoms with Gasteiger partial charge in [0, 0.05) is 18.5 Å². The van der Waals surface area contributed by atoms with Gasteiger partial charge in [0.2, 0.25) is 0 Å². The normalized spacial score (nSPS) is 10.7. The number of halogens is 1. The minimum atomic E-state index is -0.305. The third kappa shape index (κ3) is 3.25. The average molecular weight is 265 g/mol. The fourth-order valence-corrected chi connectivity index (χ4v) is 1.79. The smallest absolute Gasteiger partial charge is 0.152 e. The maximum atomic E-state index is 13.3. The second-order valence-corrected chi connectivity index (χ2v) is 4.06. The van der Waals surface area contributed by atoms with Gasteiger partial charge in [-0.1, -0.05) is 0 Å². The van der Waals surface area contributed by atoms with Crippen molar-refractivity contribution in [1.29, 1.82) is 0 Å². The number of hydrogen-bond donors (Lipinski definition) is 1. The molecule has 0 saturated heterocycles. The van der Waals surface area contributed by atoms with Gasteiger partial charge in [-0.05, 0) is 35.7 Å². The number of rotatable bonds is 6. The molecule has 0 saturated carbocycles. The Morgan fingerprint density at radius 2 is 2.26 bits per heavy atom. The van der Waals surface area contributed by atoms with Crippen LogP contribution in [0.1, 0.15) is 11.4 Å². The first-order chi connectivity index (χ1) is 9.24. The number of ether oxygens (including phenoxy) is 1. The molecule has 2 aromatic rings. The number of tetrazole rings is 1. The molecule has 0 amide bonds. The van der Waals surface area contributed by atoms with E-state index in [4.69, 9.17) is 4.74 Å². The maximum absolute atomic E-state index is 13.3. The molecule has 1 aromatic heterocycles. The molecule has 1 aromatic carbocycles. The number of nitrogens with one attached hydrogen (secondary N) is 1. The van der Waals surface area contributed by atoms with Gasteiger partial charge in [0.15, 0.2) is 5.82 Å². The molecule has 0 spiro atoms. The zero-order chi connectivity index (χ0) is 13.7. The van der Waals surface area contributed by atoms with Crippen molar-refractivity contribution in [3.63, 3.8) is 0 Å². The van der Waals surface area contributed by atoms with E-state index in [0.29, 0.717) is 24.3 Å². The van der Waals surface area contributed by atoms with Crippen LogP contribution in [0.15, 0.2) is 18.2 Å². The first-order valence-corrected chi connectivity index (χ1v) is 5.96. The van der Waals surface area contributed by atoms with Crippen molar-refractivity contribution in [2.45, 2.75) is 13.0 Å². The highest BCUT2D eigenvalue weighted by Crippen LogP contribution is 2.20. The summed E-state index contributed by atoms with van der Waals surface area (Å²) in [4.78, 5) is 0. The van der Waals surface area contributed by atoms with Crippen LogP contribution in [0.4, 0.5) is 4.39 Å². The van der Waals surface area contributed by atoms with Crippen LogP contribution in [0.25, 0.3) is 0 Å². The Morgan fingerprint density at radius 1 is 1.42 bits per heavy atom. The highest BCUT2D eigenvalue weighted by atomic mass is 19.1. The molecule has 0 bridgehead atoms. The summed E-state index contributed by atoms with van der Waals surface area (Å²) in [6, 6.07) is 4.40. The lowest BCUT2D eigenvalue weighted by Crippen LogP contribution is -2.15. The number of likely N-dealkylation sites (N-methyl/N-ethyl adjacent to an activating group) is 1. The van der Waals surface area contributed by atoms with E-state index in [2.05, 4.69) is 20.8 Å². The first-order valence-electron chi connectivity index (χ1n) is 5.96. The van der Waals surface area contributed by atoms with Gasteiger partial charge in [-0.15, -0.1) is 5.10 Å². The molecule has 0 aliphatic carbocycles. The van der Waals surface area contributed by atoms with Crippen LogP contribution in [0.3, 0.4) is 0 Å². The molecule has 2 rings (SSSR count). The Labute approximate surface area is 110 Å². The van der Waals surface area contributed by atoms with Crippen molar-refractivity contribution in [2.24, 2.45) is 0 Å². The molecule has 6 nitrogen and oxygen atoms in total. The van der Waals surface area contributed by atoms with E-state index in [0.717, 1.165) is 12.4 Å². The van der Waals surface area contributed by atoms with Crippen molar-refractivity contribution in [3.8, 4) is 5.75 Å². The van der Waals surface area contributed by atoms with Crippen molar-refractivity contribution in [2.75, 3.05) is 20.7 Å². The third-order valence-electron chi connectivity index (χ3n) is 2.77. The van der Waals surface area contributed by atoms with Gasteiger partial charge in [-0.25, -0.2) is 9.07 Å². The molecule has 0 radical (unpaired) electrons. The van der Waals surface area contributed by atoms with Crippen LogP contribution < -0.4 is 10.1 Å². The Balaban J connectivity index is 2.21. The van der Waals surface area contributed by atoms with E-state index < -0.39 is 0 Å². The second kappa shape index (κ2) is 6.24. The number of methoxy groups -OCH3 is 1. The van der Waals surface area contributed by atoms with Crippen LogP contribution in [-0.2, 0) is 13.0 Å². The van der Waals surface area contributed by atoms with Crippen LogP contribution in [0, 0.1) is 5.82 Å². The fraction of sp³-hybridized carbons (Fsp3) is 0.417. The lowest BCUT2D eigenvalue weighted by atomic mass is 10.2. The van der Waals surface area contributed by atoms with Gasteiger partial charge in [0.05, 0.1) is 13.7 Å². The molecule has 0 unspecified atom stereocenters.